The van der Waals surface area contributed by atoms with Gasteiger partial charge in [0.2, 0.25) is 5.88 Å². The molecule has 2 aliphatic heterocycles. The van der Waals surface area contributed by atoms with Gasteiger partial charge in [-0.15, -0.1) is 0 Å². The number of carbonyl (C=O) groups excluding carboxylic acids is 1. The molecule has 2 unspecified atom stereocenters. The largest absolute Gasteiger partial charge is 0.481 e. The molecule has 2 N–H and O–H groups in total. The Morgan fingerprint density at radius 1 is 1.42 bits per heavy atom. The minimum atomic E-state index is -0.971. The zero-order chi connectivity index (χ0) is 17.0. The number of carboxylic acids is 1. The van der Waals surface area contributed by atoms with Gasteiger partial charge in [-0.2, -0.15) is 0 Å². The first-order valence-electron chi connectivity index (χ1n) is 7.89. The fraction of sp³-hybridized carbons (Fsp3) is 0.562. The Morgan fingerprint density at radius 2 is 2.29 bits per heavy atom. The van der Waals surface area contributed by atoms with Gasteiger partial charge in [-0.25, -0.2) is 4.98 Å². The van der Waals surface area contributed by atoms with E-state index in [2.05, 4.69) is 10.3 Å². The second-order valence-electron chi connectivity index (χ2n) is 6.09. The molecule has 8 heteroatoms. The molecule has 0 radical (unpaired) electrons. The molecule has 3 rings (SSSR count). The fourth-order valence-corrected chi connectivity index (χ4v) is 2.88. The topological polar surface area (TPSA) is 107 Å². The van der Waals surface area contributed by atoms with Crippen LogP contribution in [0.4, 0.5) is 0 Å². The van der Waals surface area contributed by atoms with Crippen molar-refractivity contribution >= 4 is 11.9 Å². The van der Waals surface area contributed by atoms with E-state index in [0.29, 0.717) is 37.7 Å². The van der Waals surface area contributed by atoms with Gasteiger partial charge in [0.25, 0.3) is 5.91 Å². The van der Waals surface area contributed by atoms with Crippen LogP contribution in [0.3, 0.4) is 0 Å². The van der Waals surface area contributed by atoms with Crippen LogP contribution in [-0.4, -0.2) is 60.0 Å². The van der Waals surface area contributed by atoms with Crippen LogP contribution in [-0.2, 0) is 14.3 Å². The third-order valence-corrected chi connectivity index (χ3v) is 4.14. The van der Waals surface area contributed by atoms with Crippen LogP contribution in [0, 0.1) is 0 Å². The number of aromatic nitrogens is 1. The lowest BCUT2D eigenvalue weighted by atomic mass is 9.94. The Labute approximate surface area is 139 Å². The smallest absolute Gasteiger partial charge is 0.305 e. The van der Waals surface area contributed by atoms with Gasteiger partial charge in [-0.3, -0.25) is 9.59 Å². The van der Waals surface area contributed by atoms with Crippen molar-refractivity contribution in [1.29, 1.82) is 0 Å². The minimum absolute atomic E-state index is 0.0580. The zero-order valence-electron chi connectivity index (χ0n) is 13.2. The van der Waals surface area contributed by atoms with E-state index in [9.17, 15) is 9.59 Å². The summed E-state index contributed by atoms with van der Waals surface area (Å²) in [7, 11) is 0. The predicted octanol–water partition coefficient (Wildman–Crippen LogP) is 0.613. The molecule has 0 bridgehead atoms. The van der Waals surface area contributed by atoms with Crippen LogP contribution in [0.2, 0.25) is 0 Å². The molecule has 2 saturated heterocycles. The summed E-state index contributed by atoms with van der Waals surface area (Å²) in [5, 5.41) is 11.9. The van der Waals surface area contributed by atoms with Crippen LogP contribution in [0.15, 0.2) is 18.3 Å². The van der Waals surface area contributed by atoms with E-state index >= 15 is 0 Å². The molecule has 1 aromatic rings. The molecule has 0 aliphatic carbocycles. The number of rotatable bonds is 6. The molecule has 2 fully saturated rings. The second kappa shape index (κ2) is 7.14. The summed E-state index contributed by atoms with van der Waals surface area (Å²) >= 11 is 0. The number of hydrogen-bond donors (Lipinski definition) is 2. The normalized spacial score (nSPS) is 26.2. The monoisotopic (exact) mass is 336 g/mol. The highest BCUT2D eigenvalue weighted by Gasteiger charge is 2.38. The summed E-state index contributed by atoms with van der Waals surface area (Å²) < 4.78 is 16.2. The first kappa shape index (κ1) is 16.7. The molecular weight excluding hydrogens is 316 g/mol. The molecule has 2 aliphatic rings. The zero-order valence-corrected chi connectivity index (χ0v) is 13.2. The third-order valence-electron chi connectivity index (χ3n) is 4.14. The van der Waals surface area contributed by atoms with E-state index in [0.717, 1.165) is 6.42 Å². The summed E-state index contributed by atoms with van der Waals surface area (Å²) in [6, 6.07) is 3.12. The summed E-state index contributed by atoms with van der Waals surface area (Å²) in [5.41, 5.74) is -0.498. The number of aliphatic carboxylic acids is 1. The Morgan fingerprint density at radius 3 is 2.96 bits per heavy atom. The average Bonchev–Trinajstić information content (AvgIpc) is 3.19. The predicted molar refractivity (Wildman–Crippen MR) is 82.0 cm³/mol. The Hall–Kier alpha value is -2.19. The van der Waals surface area contributed by atoms with Crippen molar-refractivity contribution in [3.63, 3.8) is 0 Å². The Bertz CT molecular complexity index is 608. The van der Waals surface area contributed by atoms with Crippen LogP contribution in [0.5, 0.6) is 5.88 Å². The lowest BCUT2D eigenvalue weighted by Gasteiger charge is -2.27. The van der Waals surface area contributed by atoms with Crippen LogP contribution < -0.4 is 10.1 Å². The van der Waals surface area contributed by atoms with Gasteiger partial charge in [0.05, 0.1) is 31.8 Å². The molecule has 1 amide bonds. The van der Waals surface area contributed by atoms with E-state index in [4.69, 9.17) is 19.3 Å². The summed E-state index contributed by atoms with van der Waals surface area (Å²) in [6.07, 6.45) is 2.52. The van der Waals surface area contributed by atoms with Crippen molar-refractivity contribution in [2.45, 2.75) is 30.9 Å². The lowest BCUT2D eigenvalue weighted by Crippen LogP contribution is -2.50. The van der Waals surface area contributed by atoms with Crippen LogP contribution in [0.1, 0.15) is 29.6 Å². The Balaban J connectivity index is 1.68. The molecule has 2 atom stereocenters. The van der Waals surface area contributed by atoms with E-state index < -0.39 is 11.5 Å². The molecule has 130 valence electrons. The molecule has 0 saturated carbocycles. The highest BCUT2D eigenvalue weighted by atomic mass is 16.5. The fourth-order valence-electron chi connectivity index (χ4n) is 2.88. The van der Waals surface area contributed by atoms with E-state index in [1.807, 2.05) is 0 Å². The van der Waals surface area contributed by atoms with Crippen molar-refractivity contribution in [3.8, 4) is 5.88 Å². The van der Waals surface area contributed by atoms with Gasteiger partial charge < -0.3 is 24.6 Å². The summed E-state index contributed by atoms with van der Waals surface area (Å²) in [4.78, 5) is 27.7. The van der Waals surface area contributed by atoms with Gasteiger partial charge >= 0.3 is 5.97 Å². The number of pyridine rings is 1. The molecule has 24 heavy (non-hydrogen) atoms. The second-order valence-corrected chi connectivity index (χ2v) is 6.09. The first-order chi connectivity index (χ1) is 11.6. The maximum atomic E-state index is 12.5. The number of amides is 1. The highest BCUT2D eigenvalue weighted by molar-refractivity contribution is 5.95. The molecular formula is C16H20N2O6. The molecule has 8 nitrogen and oxygen atoms in total. The number of carboxylic acid groups (broad SMARTS) is 1. The highest BCUT2D eigenvalue weighted by Crippen LogP contribution is 2.24. The van der Waals surface area contributed by atoms with Crippen LogP contribution in [0.25, 0.3) is 0 Å². The number of nitrogens with one attached hydrogen (secondary N) is 1. The average molecular weight is 336 g/mol. The molecule has 3 heterocycles. The maximum Gasteiger partial charge on any atom is 0.305 e. The number of hydrogen-bond acceptors (Lipinski definition) is 6. The number of nitrogens with zero attached hydrogens (tertiary/aromatic N) is 1. The summed E-state index contributed by atoms with van der Waals surface area (Å²) in [6.45, 7) is 1.79. The van der Waals surface area contributed by atoms with Gasteiger partial charge in [0.1, 0.15) is 6.10 Å². The number of ether oxygens (including phenoxy) is 3. The quantitative estimate of drug-likeness (QED) is 0.784. The lowest BCUT2D eigenvalue weighted by molar-refractivity contribution is -0.138. The summed E-state index contributed by atoms with van der Waals surface area (Å²) in [5.74, 6) is -0.981. The minimum Gasteiger partial charge on any atom is -0.481 e. The Kier molecular flexibility index (Phi) is 4.96. The van der Waals surface area contributed by atoms with E-state index in [1.54, 1.807) is 12.1 Å². The van der Waals surface area contributed by atoms with Gasteiger partial charge in [0.15, 0.2) is 0 Å². The van der Waals surface area contributed by atoms with Crippen molar-refractivity contribution in [2.24, 2.45) is 0 Å². The number of carbonyl (C=O) groups is 2. The van der Waals surface area contributed by atoms with Crippen molar-refractivity contribution in [2.75, 3.05) is 26.4 Å². The SMILES string of the molecule is O=C(O)CC1(NC(=O)c2ccnc(OC3CCOC3)c2)CCOC1. The maximum absolute atomic E-state index is 12.5. The standard InChI is InChI=1S/C16H20N2O6/c19-14(20)8-16(3-6-23-10-16)18-15(21)11-1-4-17-13(7-11)24-12-2-5-22-9-12/h1,4,7,12H,2-3,5-6,8-10H2,(H,18,21)(H,19,20). The van der Waals surface area contributed by atoms with Gasteiger partial charge in [-0.1, -0.05) is 0 Å². The van der Waals surface area contributed by atoms with Crippen molar-refractivity contribution in [1.82, 2.24) is 10.3 Å². The van der Waals surface area contributed by atoms with E-state index in [-0.39, 0.29) is 25.0 Å². The van der Waals surface area contributed by atoms with Crippen molar-refractivity contribution < 1.29 is 28.9 Å². The van der Waals surface area contributed by atoms with Gasteiger partial charge in [0, 0.05) is 30.9 Å². The third kappa shape index (κ3) is 4.01. The molecule has 1 aromatic heterocycles. The van der Waals surface area contributed by atoms with Crippen LogP contribution >= 0.6 is 0 Å². The van der Waals surface area contributed by atoms with E-state index in [1.165, 1.54) is 6.20 Å². The first-order valence-corrected chi connectivity index (χ1v) is 7.89. The molecule has 0 aromatic carbocycles. The van der Waals surface area contributed by atoms with Gasteiger partial charge in [-0.05, 0) is 12.5 Å². The molecule has 0 spiro atoms. The van der Waals surface area contributed by atoms with Crippen molar-refractivity contribution in [3.05, 3.63) is 23.9 Å².